The molecular weight excluding hydrogens is 286 g/mol. The zero-order chi connectivity index (χ0) is 16.1. The minimum atomic E-state index is 0.133. The van der Waals surface area contributed by atoms with Crippen molar-refractivity contribution in [1.29, 1.82) is 0 Å². The molecule has 2 unspecified atom stereocenters. The Morgan fingerprint density at radius 1 is 1.35 bits per heavy atom. The van der Waals surface area contributed by atoms with E-state index in [1.165, 1.54) is 12.8 Å². The van der Waals surface area contributed by atoms with Gasteiger partial charge in [0.15, 0.2) is 0 Å². The highest BCUT2D eigenvalue weighted by atomic mass is 16.1. The summed E-state index contributed by atoms with van der Waals surface area (Å²) in [5, 5.41) is 0. The Labute approximate surface area is 137 Å². The van der Waals surface area contributed by atoms with Crippen molar-refractivity contribution in [2.75, 3.05) is 13.1 Å². The summed E-state index contributed by atoms with van der Waals surface area (Å²) in [7, 11) is 0. The third-order valence-corrected chi connectivity index (χ3v) is 4.70. The average Bonchev–Trinajstić information content (AvgIpc) is 3.10. The number of piperidine rings is 1. The first-order valence-corrected chi connectivity index (χ1v) is 8.58. The standard InChI is InChI=1S/C19H25N3O/c1-15(14-23)10-12-22-11-6-5-9-18(22)19-20-13-17(21-19)16-7-3-2-4-8-16/h2-4,7-8,13-15,18H,5-6,9-12H2,1H3,(H,20,21). The first kappa shape index (κ1) is 15.9. The van der Waals surface area contributed by atoms with E-state index in [-0.39, 0.29) is 5.92 Å². The van der Waals surface area contributed by atoms with Gasteiger partial charge in [0, 0.05) is 17.7 Å². The van der Waals surface area contributed by atoms with E-state index >= 15 is 0 Å². The molecule has 1 aliphatic heterocycles. The number of aromatic nitrogens is 2. The van der Waals surface area contributed by atoms with E-state index in [0.29, 0.717) is 6.04 Å². The molecule has 1 saturated heterocycles. The molecule has 23 heavy (non-hydrogen) atoms. The van der Waals surface area contributed by atoms with Crippen LogP contribution in [-0.2, 0) is 4.79 Å². The molecule has 2 heterocycles. The summed E-state index contributed by atoms with van der Waals surface area (Å²) in [5.74, 6) is 1.19. The number of aldehydes is 1. The topological polar surface area (TPSA) is 49.0 Å². The number of carbonyl (C=O) groups is 1. The number of likely N-dealkylation sites (tertiary alicyclic amines) is 1. The van der Waals surface area contributed by atoms with E-state index < -0.39 is 0 Å². The second-order valence-electron chi connectivity index (χ2n) is 6.49. The molecule has 2 atom stereocenters. The Bertz CT molecular complexity index is 623. The number of carbonyl (C=O) groups excluding carboxylic acids is 1. The Balaban J connectivity index is 1.73. The number of hydrogen-bond donors (Lipinski definition) is 1. The highest BCUT2D eigenvalue weighted by Gasteiger charge is 2.26. The van der Waals surface area contributed by atoms with E-state index in [0.717, 1.165) is 49.3 Å². The molecule has 1 aliphatic rings. The lowest BCUT2D eigenvalue weighted by Crippen LogP contribution is -2.35. The Morgan fingerprint density at radius 3 is 2.96 bits per heavy atom. The van der Waals surface area contributed by atoms with Crippen molar-refractivity contribution in [3.05, 3.63) is 42.4 Å². The second-order valence-corrected chi connectivity index (χ2v) is 6.49. The summed E-state index contributed by atoms with van der Waals surface area (Å²) in [6.45, 7) is 4.05. The number of hydrogen-bond acceptors (Lipinski definition) is 3. The van der Waals surface area contributed by atoms with Gasteiger partial charge in [-0.05, 0) is 32.4 Å². The largest absolute Gasteiger partial charge is 0.347 e. The van der Waals surface area contributed by atoms with Gasteiger partial charge in [0.05, 0.1) is 11.7 Å². The van der Waals surface area contributed by atoms with E-state index in [2.05, 4.69) is 22.0 Å². The van der Waals surface area contributed by atoms with Crippen molar-refractivity contribution in [2.45, 2.75) is 38.6 Å². The summed E-state index contributed by atoms with van der Waals surface area (Å²) in [4.78, 5) is 21.6. The van der Waals surface area contributed by atoms with Crippen LogP contribution in [0.2, 0.25) is 0 Å². The number of nitrogens with one attached hydrogen (secondary N) is 1. The van der Waals surface area contributed by atoms with Gasteiger partial charge in [-0.15, -0.1) is 0 Å². The van der Waals surface area contributed by atoms with Gasteiger partial charge in [-0.3, -0.25) is 4.90 Å². The molecule has 4 nitrogen and oxygen atoms in total. The third-order valence-electron chi connectivity index (χ3n) is 4.70. The Hall–Kier alpha value is -1.94. The van der Waals surface area contributed by atoms with Crippen molar-refractivity contribution < 1.29 is 4.79 Å². The molecular formula is C19H25N3O. The van der Waals surface area contributed by atoms with Crippen LogP contribution in [0.4, 0.5) is 0 Å². The number of H-pyrrole nitrogens is 1. The maximum Gasteiger partial charge on any atom is 0.124 e. The fraction of sp³-hybridized carbons (Fsp3) is 0.474. The molecule has 0 amide bonds. The number of nitrogens with zero attached hydrogens (tertiary/aromatic N) is 2. The molecule has 1 fully saturated rings. The first-order chi connectivity index (χ1) is 11.3. The van der Waals surface area contributed by atoms with Crippen molar-refractivity contribution in [3.63, 3.8) is 0 Å². The van der Waals surface area contributed by atoms with Gasteiger partial charge >= 0.3 is 0 Å². The molecule has 0 saturated carbocycles. The van der Waals surface area contributed by atoms with E-state index in [4.69, 9.17) is 4.98 Å². The summed E-state index contributed by atoms with van der Waals surface area (Å²) in [6.07, 6.45) is 7.60. The van der Waals surface area contributed by atoms with Gasteiger partial charge in [0.25, 0.3) is 0 Å². The highest BCUT2D eigenvalue weighted by Crippen LogP contribution is 2.30. The van der Waals surface area contributed by atoms with Gasteiger partial charge in [-0.25, -0.2) is 4.98 Å². The lowest BCUT2D eigenvalue weighted by Gasteiger charge is -2.34. The lowest BCUT2D eigenvalue weighted by molar-refractivity contribution is -0.111. The van der Waals surface area contributed by atoms with Crippen LogP contribution in [-0.4, -0.2) is 34.2 Å². The van der Waals surface area contributed by atoms with Crippen LogP contribution in [0.1, 0.15) is 44.5 Å². The monoisotopic (exact) mass is 311 g/mol. The maximum atomic E-state index is 10.9. The molecule has 0 aliphatic carbocycles. The molecule has 3 rings (SSSR count). The van der Waals surface area contributed by atoms with Gasteiger partial charge in [-0.1, -0.05) is 43.7 Å². The summed E-state index contributed by atoms with van der Waals surface area (Å²) in [5.41, 5.74) is 2.15. The molecule has 1 N–H and O–H groups in total. The van der Waals surface area contributed by atoms with E-state index in [9.17, 15) is 4.79 Å². The smallest absolute Gasteiger partial charge is 0.124 e. The second kappa shape index (κ2) is 7.55. The Kier molecular flexibility index (Phi) is 5.23. The molecule has 0 spiro atoms. The van der Waals surface area contributed by atoms with Gasteiger partial charge in [-0.2, -0.15) is 0 Å². The van der Waals surface area contributed by atoms with Crippen molar-refractivity contribution in [1.82, 2.24) is 14.9 Å². The average molecular weight is 311 g/mol. The molecule has 2 aromatic rings. The summed E-state index contributed by atoms with van der Waals surface area (Å²) < 4.78 is 0. The number of benzene rings is 1. The lowest BCUT2D eigenvalue weighted by atomic mass is 10.00. The number of imidazole rings is 1. The van der Waals surface area contributed by atoms with Crippen LogP contribution in [0.3, 0.4) is 0 Å². The quantitative estimate of drug-likeness (QED) is 0.825. The van der Waals surface area contributed by atoms with Crippen LogP contribution < -0.4 is 0 Å². The van der Waals surface area contributed by atoms with Crippen molar-refractivity contribution in [3.8, 4) is 11.3 Å². The summed E-state index contributed by atoms with van der Waals surface area (Å²) in [6, 6.07) is 10.6. The summed E-state index contributed by atoms with van der Waals surface area (Å²) >= 11 is 0. The van der Waals surface area contributed by atoms with Crippen LogP contribution >= 0.6 is 0 Å². The van der Waals surface area contributed by atoms with Gasteiger partial charge in [0.1, 0.15) is 12.1 Å². The number of aromatic amines is 1. The zero-order valence-corrected chi connectivity index (χ0v) is 13.7. The van der Waals surface area contributed by atoms with Crippen LogP contribution in [0, 0.1) is 5.92 Å². The molecule has 122 valence electrons. The van der Waals surface area contributed by atoms with E-state index in [1.807, 2.05) is 31.3 Å². The molecule has 1 aromatic carbocycles. The maximum absolute atomic E-state index is 10.9. The molecule has 0 radical (unpaired) electrons. The molecule has 4 heteroatoms. The predicted octanol–water partition coefficient (Wildman–Crippen LogP) is 3.83. The molecule has 1 aromatic heterocycles. The van der Waals surface area contributed by atoms with E-state index in [1.54, 1.807) is 0 Å². The van der Waals surface area contributed by atoms with Crippen LogP contribution in [0.15, 0.2) is 36.5 Å². The van der Waals surface area contributed by atoms with Crippen LogP contribution in [0.5, 0.6) is 0 Å². The fourth-order valence-electron chi connectivity index (χ4n) is 3.27. The van der Waals surface area contributed by atoms with Crippen LogP contribution in [0.25, 0.3) is 11.3 Å². The normalized spacial score (nSPS) is 20.3. The number of rotatable bonds is 6. The minimum Gasteiger partial charge on any atom is -0.347 e. The first-order valence-electron chi connectivity index (χ1n) is 8.58. The zero-order valence-electron chi connectivity index (χ0n) is 13.7. The predicted molar refractivity (Wildman–Crippen MR) is 92.0 cm³/mol. The van der Waals surface area contributed by atoms with Crippen molar-refractivity contribution >= 4 is 6.29 Å². The fourth-order valence-corrected chi connectivity index (χ4v) is 3.27. The minimum absolute atomic E-state index is 0.133. The SMILES string of the molecule is CC(C=O)CCN1CCCCC1c1nc(-c2ccccc2)c[nH]1. The highest BCUT2D eigenvalue weighted by molar-refractivity contribution is 5.58. The van der Waals surface area contributed by atoms with Gasteiger partial charge < -0.3 is 9.78 Å². The van der Waals surface area contributed by atoms with Gasteiger partial charge in [0.2, 0.25) is 0 Å². The molecule has 0 bridgehead atoms. The third kappa shape index (κ3) is 3.88. The Morgan fingerprint density at radius 2 is 2.17 bits per heavy atom. The van der Waals surface area contributed by atoms with Crippen molar-refractivity contribution in [2.24, 2.45) is 5.92 Å².